The number of hydrogen-bond donors (Lipinski definition) is 1. The number of allylic oxidation sites excluding steroid dienone is 1. The van der Waals surface area contributed by atoms with Crippen LogP contribution in [0.2, 0.25) is 0 Å². The van der Waals surface area contributed by atoms with Crippen LogP contribution in [-0.4, -0.2) is 10.9 Å². The van der Waals surface area contributed by atoms with Crippen molar-refractivity contribution in [1.82, 2.24) is 4.98 Å². The minimum Gasteiger partial charge on any atom is -0.326 e. The van der Waals surface area contributed by atoms with Crippen molar-refractivity contribution in [2.75, 3.05) is 5.32 Å². The normalized spacial score (nSPS) is 11.0. The molecule has 0 saturated carbocycles. The minimum atomic E-state index is -0.114. The fourth-order valence-electron chi connectivity index (χ4n) is 2.31. The monoisotopic (exact) mass is 345 g/mol. The first-order valence-electron chi connectivity index (χ1n) is 7.66. The highest BCUT2D eigenvalue weighted by molar-refractivity contribution is 7.11. The first kappa shape index (κ1) is 16.6. The molecule has 0 atom stereocenters. The molecule has 0 fully saturated rings. The van der Waals surface area contributed by atoms with Crippen LogP contribution in [0.15, 0.2) is 60.0 Å². The van der Waals surface area contributed by atoms with Gasteiger partial charge in [-0.05, 0) is 23.8 Å². The van der Waals surface area contributed by atoms with Gasteiger partial charge in [0, 0.05) is 23.6 Å². The Morgan fingerprint density at radius 1 is 1.16 bits per heavy atom. The number of amides is 1. The zero-order valence-corrected chi connectivity index (χ0v) is 14.4. The molecule has 0 aliphatic rings. The summed E-state index contributed by atoms with van der Waals surface area (Å²) in [5.41, 5.74) is 4.01. The summed E-state index contributed by atoms with van der Waals surface area (Å²) in [7, 11) is 0. The molecule has 0 saturated heterocycles. The number of hydrogen-bond acceptors (Lipinski definition) is 4. The van der Waals surface area contributed by atoms with Crippen LogP contribution >= 0.6 is 11.3 Å². The van der Waals surface area contributed by atoms with Crippen molar-refractivity contribution < 1.29 is 4.79 Å². The molecule has 122 valence electrons. The largest absolute Gasteiger partial charge is 0.326 e. The number of thiazole rings is 1. The van der Waals surface area contributed by atoms with E-state index < -0.39 is 0 Å². The number of nitriles is 1. The standard InChI is InChI=1S/C20H15N3OS/c1-14(24)22-18-9-7-15(8-10-18)11-17(12-21)20-23-19(13-25-20)16-5-3-2-4-6-16/h2-11,13H,1H3,(H,22,24). The molecule has 1 heterocycles. The van der Waals surface area contributed by atoms with Crippen LogP contribution < -0.4 is 5.32 Å². The second-order valence-corrected chi connectivity index (χ2v) is 6.24. The van der Waals surface area contributed by atoms with E-state index in [2.05, 4.69) is 16.4 Å². The fraction of sp³-hybridized carbons (Fsp3) is 0.0500. The Morgan fingerprint density at radius 2 is 1.88 bits per heavy atom. The lowest BCUT2D eigenvalue weighted by Gasteiger charge is -2.02. The number of carbonyl (C=O) groups is 1. The Labute approximate surface area is 150 Å². The molecule has 0 bridgehead atoms. The van der Waals surface area contributed by atoms with Crippen LogP contribution in [0.5, 0.6) is 0 Å². The van der Waals surface area contributed by atoms with Crippen LogP contribution in [0.4, 0.5) is 5.69 Å². The van der Waals surface area contributed by atoms with E-state index in [9.17, 15) is 10.1 Å². The topological polar surface area (TPSA) is 65.8 Å². The zero-order valence-electron chi connectivity index (χ0n) is 13.6. The Kier molecular flexibility index (Phi) is 5.03. The Hall–Kier alpha value is -3.23. The van der Waals surface area contributed by atoms with Gasteiger partial charge in [0.15, 0.2) is 0 Å². The summed E-state index contributed by atoms with van der Waals surface area (Å²) in [5, 5.41) is 14.8. The van der Waals surface area contributed by atoms with Gasteiger partial charge in [0.2, 0.25) is 5.91 Å². The molecule has 1 amide bonds. The van der Waals surface area contributed by atoms with Crippen LogP contribution in [0.3, 0.4) is 0 Å². The summed E-state index contributed by atoms with van der Waals surface area (Å²) in [6.45, 7) is 1.47. The second kappa shape index (κ2) is 7.56. The van der Waals surface area contributed by atoms with Crippen molar-refractivity contribution in [3.05, 3.63) is 70.5 Å². The van der Waals surface area contributed by atoms with Gasteiger partial charge in [-0.3, -0.25) is 4.79 Å². The number of nitrogens with one attached hydrogen (secondary N) is 1. The van der Waals surface area contributed by atoms with Gasteiger partial charge < -0.3 is 5.32 Å². The molecular formula is C20H15N3OS. The third-order valence-electron chi connectivity index (χ3n) is 3.47. The molecule has 5 heteroatoms. The zero-order chi connectivity index (χ0) is 17.6. The molecule has 0 aliphatic heterocycles. The number of rotatable bonds is 4. The lowest BCUT2D eigenvalue weighted by molar-refractivity contribution is -0.114. The first-order chi connectivity index (χ1) is 12.2. The van der Waals surface area contributed by atoms with E-state index in [1.54, 1.807) is 18.2 Å². The van der Waals surface area contributed by atoms with Gasteiger partial charge in [-0.1, -0.05) is 42.5 Å². The highest BCUT2D eigenvalue weighted by Crippen LogP contribution is 2.27. The molecule has 1 aromatic heterocycles. The summed E-state index contributed by atoms with van der Waals surface area (Å²) in [6.07, 6.45) is 1.80. The fourth-order valence-corrected chi connectivity index (χ4v) is 3.11. The van der Waals surface area contributed by atoms with Gasteiger partial charge in [0.1, 0.15) is 11.1 Å². The Bertz CT molecular complexity index is 951. The molecule has 0 unspecified atom stereocenters. The van der Waals surface area contributed by atoms with Crippen molar-refractivity contribution in [3.8, 4) is 17.3 Å². The quantitative estimate of drug-likeness (QED) is 0.689. The third-order valence-corrected chi connectivity index (χ3v) is 4.34. The molecule has 0 radical (unpaired) electrons. The van der Waals surface area contributed by atoms with Crippen molar-refractivity contribution in [3.63, 3.8) is 0 Å². The molecule has 1 N–H and O–H groups in total. The van der Waals surface area contributed by atoms with Gasteiger partial charge in [-0.25, -0.2) is 4.98 Å². The summed E-state index contributed by atoms with van der Waals surface area (Å²) < 4.78 is 0. The minimum absolute atomic E-state index is 0.114. The maximum absolute atomic E-state index is 11.1. The number of anilines is 1. The second-order valence-electron chi connectivity index (χ2n) is 5.38. The predicted octanol–water partition coefficient (Wildman–Crippen LogP) is 4.83. The third kappa shape index (κ3) is 4.19. The van der Waals surface area contributed by atoms with E-state index in [1.807, 2.05) is 47.8 Å². The maximum Gasteiger partial charge on any atom is 0.221 e. The van der Waals surface area contributed by atoms with Crippen LogP contribution in [0.1, 0.15) is 17.5 Å². The van der Waals surface area contributed by atoms with Crippen LogP contribution in [0.25, 0.3) is 22.9 Å². The molecule has 3 rings (SSSR count). The molecule has 4 nitrogen and oxygen atoms in total. The van der Waals surface area contributed by atoms with Gasteiger partial charge in [-0.15, -0.1) is 11.3 Å². The van der Waals surface area contributed by atoms with Crippen LogP contribution in [-0.2, 0) is 4.79 Å². The average molecular weight is 345 g/mol. The summed E-state index contributed by atoms with van der Waals surface area (Å²) in [4.78, 5) is 15.6. The van der Waals surface area contributed by atoms with E-state index in [1.165, 1.54) is 18.3 Å². The smallest absolute Gasteiger partial charge is 0.221 e. The first-order valence-corrected chi connectivity index (χ1v) is 8.54. The summed E-state index contributed by atoms with van der Waals surface area (Å²) >= 11 is 1.45. The number of nitrogens with zero attached hydrogens (tertiary/aromatic N) is 2. The summed E-state index contributed by atoms with van der Waals surface area (Å²) in [6, 6.07) is 19.4. The van der Waals surface area contributed by atoms with Gasteiger partial charge >= 0.3 is 0 Å². The van der Waals surface area contributed by atoms with E-state index in [4.69, 9.17) is 0 Å². The SMILES string of the molecule is CC(=O)Nc1ccc(C=C(C#N)c2nc(-c3ccccc3)cs2)cc1. The Morgan fingerprint density at radius 3 is 2.52 bits per heavy atom. The average Bonchev–Trinajstić information content (AvgIpc) is 3.11. The summed E-state index contributed by atoms with van der Waals surface area (Å²) in [5.74, 6) is -0.114. The van der Waals surface area contributed by atoms with E-state index in [-0.39, 0.29) is 5.91 Å². The molecule has 0 spiro atoms. The van der Waals surface area contributed by atoms with Crippen molar-refractivity contribution in [2.45, 2.75) is 6.92 Å². The van der Waals surface area contributed by atoms with Crippen molar-refractivity contribution >= 4 is 34.6 Å². The molecule has 0 aliphatic carbocycles. The Balaban J connectivity index is 1.85. The van der Waals surface area contributed by atoms with Crippen LogP contribution in [0, 0.1) is 11.3 Å². The molecule has 2 aromatic carbocycles. The highest BCUT2D eigenvalue weighted by Gasteiger charge is 2.09. The molecule has 25 heavy (non-hydrogen) atoms. The van der Waals surface area contributed by atoms with Crippen molar-refractivity contribution in [2.24, 2.45) is 0 Å². The van der Waals surface area contributed by atoms with E-state index in [0.29, 0.717) is 10.6 Å². The number of aromatic nitrogens is 1. The van der Waals surface area contributed by atoms with Gasteiger partial charge in [-0.2, -0.15) is 5.26 Å². The van der Waals surface area contributed by atoms with E-state index in [0.717, 1.165) is 22.5 Å². The molecule has 3 aromatic rings. The maximum atomic E-state index is 11.1. The van der Waals surface area contributed by atoms with Gasteiger partial charge in [0.05, 0.1) is 11.3 Å². The van der Waals surface area contributed by atoms with Gasteiger partial charge in [0.25, 0.3) is 0 Å². The lowest BCUT2D eigenvalue weighted by Crippen LogP contribution is -2.05. The number of benzene rings is 2. The predicted molar refractivity (Wildman–Crippen MR) is 102 cm³/mol. The lowest BCUT2D eigenvalue weighted by atomic mass is 10.1. The van der Waals surface area contributed by atoms with E-state index >= 15 is 0 Å². The molecular weight excluding hydrogens is 330 g/mol. The highest BCUT2D eigenvalue weighted by atomic mass is 32.1. The van der Waals surface area contributed by atoms with Crippen molar-refractivity contribution in [1.29, 1.82) is 5.26 Å². The number of carbonyl (C=O) groups excluding carboxylic acids is 1.